The van der Waals surface area contributed by atoms with Crippen LogP contribution in [0, 0.1) is 16.7 Å². The van der Waals surface area contributed by atoms with E-state index in [1.54, 1.807) is 32.0 Å². The maximum atomic E-state index is 12.6. The van der Waals surface area contributed by atoms with Crippen LogP contribution in [-0.4, -0.2) is 28.8 Å². The maximum absolute atomic E-state index is 12.6. The lowest BCUT2D eigenvalue weighted by atomic mass is 9.68. The summed E-state index contributed by atoms with van der Waals surface area (Å²) in [6.07, 6.45) is -0.297. The summed E-state index contributed by atoms with van der Waals surface area (Å²) in [5.41, 5.74) is 0.275. The summed E-state index contributed by atoms with van der Waals surface area (Å²) >= 11 is 5.59. The molecule has 1 aliphatic rings. The molecule has 1 aromatic carbocycles. The minimum atomic E-state index is -1.07. The van der Waals surface area contributed by atoms with E-state index < -0.39 is 17.6 Å². The van der Waals surface area contributed by atoms with Crippen LogP contribution in [0.25, 0.3) is 0 Å². The van der Waals surface area contributed by atoms with Crippen LogP contribution in [0.4, 0.5) is 0 Å². The number of nitrogens with zero attached hydrogens (tertiary/aromatic N) is 1. The number of hydrogen-bond acceptors (Lipinski definition) is 4. The van der Waals surface area contributed by atoms with E-state index in [2.05, 4.69) is 5.32 Å². The van der Waals surface area contributed by atoms with E-state index in [1.807, 2.05) is 6.07 Å². The number of nitrogens with one attached hydrogen (secondary N) is 1. The Kier molecular flexibility index (Phi) is 5.08. The van der Waals surface area contributed by atoms with Crippen molar-refractivity contribution in [3.8, 4) is 6.07 Å². The number of fused-ring (bicyclic) bond motifs is 1. The number of halogens is 1. The first-order valence-corrected chi connectivity index (χ1v) is 7.98. The molecular weight excluding hydrogens is 316 g/mol. The molecule has 0 saturated heterocycles. The Morgan fingerprint density at radius 2 is 2.17 bits per heavy atom. The number of carbonyl (C=O) groups excluding carboxylic acids is 2. The van der Waals surface area contributed by atoms with E-state index in [4.69, 9.17) is 16.9 Å². The monoisotopic (exact) mass is 334 g/mol. The van der Waals surface area contributed by atoms with Crippen LogP contribution in [0.2, 0.25) is 0 Å². The van der Waals surface area contributed by atoms with Gasteiger partial charge in [0.15, 0.2) is 5.78 Å². The van der Waals surface area contributed by atoms with Gasteiger partial charge in [0.05, 0.1) is 29.2 Å². The number of rotatable bonds is 4. The Balaban J connectivity index is 2.44. The molecule has 0 saturated carbocycles. The first kappa shape index (κ1) is 17.5. The predicted octanol–water partition coefficient (Wildman–Crippen LogP) is 2.32. The molecule has 5 nitrogen and oxygen atoms in total. The van der Waals surface area contributed by atoms with Crippen LogP contribution < -0.4 is 5.32 Å². The smallest absolute Gasteiger partial charge is 0.220 e. The molecule has 1 amide bonds. The zero-order valence-electron chi connectivity index (χ0n) is 13.1. The molecule has 0 fully saturated rings. The summed E-state index contributed by atoms with van der Waals surface area (Å²) in [5, 5.41) is 22.4. The third-order valence-corrected chi connectivity index (χ3v) is 4.52. The highest BCUT2D eigenvalue weighted by atomic mass is 35.5. The molecule has 1 aromatic rings. The van der Waals surface area contributed by atoms with Crippen molar-refractivity contribution < 1.29 is 14.7 Å². The van der Waals surface area contributed by atoms with Gasteiger partial charge in [-0.2, -0.15) is 5.26 Å². The number of benzene rings is 1. The Hall–Kier alpha value is -1.90. The van der Waals surface area contributed by atoms with Crippen molar-refractivity contribution in [3.05, 3.63) is 34.9 Å². The molecule has 23 heavy (non-hydrogen) atoms. The Bertz CT molecular complexity index is 679. The van der Waals surface area contributed by atoms with E-state index in [9.17, 15) is 14.7 Å². The van der Waals surface area contributed by atoms with Gasteiger partial charge in [0.25, 0.3) is 0 Å². The lowest BCUT2D eigenvalue weighted by Gasteiger charge is -2.40. The van der Waals surface area contributed by atoms with Gasteiger partial charge in [-0.1, -0.05) is 0 Å². The van der Waals surface area contributed by atoms with Gasteiger partial charge in [0, 0.05) is 17.9 Å². The van der Waals surface area contributed by atoms with E-state index >= 15 is 0 Å². The van der Waals surface area contributed by atoms with Crippen LogP contribution in [-0.2, 0) is 4.79 Å². The molecule has 2 unspecified atom stereocenters. The maximum Gasteiger partial charge on any atom is 0.220 e. The number of nitriles is 1. The minimum absolute atomic E-state index is 0.198. The van der Waals surface area contributed by atoms with Gasteiger partial charge in [-0.3, -0.25) is 9.59 Å². The minimum Gasteiger partial charge on any atom is -0.390 e. The Labute approximate surface area is 140 Å². The van der Waals surface area contributed by atoms with Crippen molar-refractivity contribution in [2.75, 3.05) is 5.88 Å². The van der Waals surface area contributed by atoms with Crippen molar-refractivity contribution in [2.45, 2.75) is 38.8 Å². The number of Topliss-reactive ketones (excluding diaryl/α,β-unsaturated/α-hetero) is 1. The van der Waals surface area contributed by atoms with Gasteiger partial charge in [-0.15, -0.1) is 11.6 Å². The quantitative estimate of drug-likeness (QED) is 0.827. The number of carbonyl (C=O) groups is 2. The van der Waals surface area contributed by atoms with Gasteiger partial charge in [-0.25, -0.2) is 0 Å². The largest absolute Gasteiger partial charge is 0.390 e. The number of aliphatic hydroxyl groups excluding tert-OH is 1. The van der Waals surface area contributed by atoms with E-state index in [0.29, 0.717) is 29.0 Å². The van der Waals surface area contributed by atoms with E-state index in [-0.39, 0.29) is 18.1 Å². The average Bonchev–Trinajstić information content (AvgIpc) is 2.54. The van der Waals surface area contributed by atoms with Gasteiger partial charge in [0.2, 0.25) is 5.91 Å². The van der Waals surface area contributed by atoms with Gasteiger partial charge < -0.3 is 10.4 Å². The zero-order valence-corrected chi connectivity index (χ0v) is 13.9. The first-order valence-electron chi connectivity index (χ1n) is 7.45. The average molecular weight is 335 g/mol. The van der Waals surface area contributed by atoms with Crippen molar-refractivity contribution in [1.29, 1.82) is 5.26 Å². The fraction of sp³-hybridized carbons (Fsp3) is 0.471. The van der Waals surface area contributed by atoms with Crippen molar-refractivity contribution in [3.63, 3.8) is 0 Å². The van der Waals surface area contributed by atoms with E-state index in [0.717, 1.165) is 0 Å². The first-order chi connectivity index (χ1) is 10.8. The van der Waals surface area contributed by atoms with Crippen LogP contribution in [0.5, 0.6) is 0 Å². The Morgan fingerprint density at radius 1 is 1.48 bits per heavy atom. The molecule has 0 spiro atoms. The molecule has 0 radical (unpaired) electrons. The van der Waals surface area contributed by atoms with Crippen molar-refractivity contribution >= 4 is 23.3 Å². The fourth-order valence-electron chi connectivity index (χ4n) is 2.79. The van der Waals surface area contributed by atoms with Crippen LogP contribution in [0.15, 0.2) is 18.2 Å². The normalized spacial score (nSPS) is 22.1. The standard InChI is InChI=1S/C17H19ClN2O3/c1-17(2)15(22)11-6-5-10(9-19)8-12(11)14(16(17)23)20-13(21)4-3-7-18/h5-6,8,14,16,23H,3-4,7H2,1-2H3,(H,20,21). The van der Waals surface area contributed by atoms with Gasteiger partial charge >= 0.3 is 0 Å². The molecule has 122 valence electrons. The number of hydrogen-bond donors (Lipinski definition) is 2. The molecule has 1 aliphatic carbocycles. The zero-order chi connectivity index (χ0) is 17.2. The third kappa shape index (κ3) is 3.24. The second-order valence-corrected chi connectivity index (χ2v) is 6.63. The van der Waals surface area contributed by atoms with Crippen LogP contribution in [0.1, 0.15) is 54.2 Å². The second kappa shape index (κ2) is 6.69. The lowest BCUT2D eigenvalue weighted by molar-refractivity contribution is -0.123. The number of ketones is 1. The van der Waals surface area contributed by atoms with Crippen LogP contribution >= 0.6 is 11.6 Å². The van der Waals surface area contributed by atoms with Crippen molar-refractivity contribution in [1.82, 2.24) is 5.32 Å². The lowest BCUT2D eigenvalue weighted by Crippen LogP contribution is -2.51. The topological polar surface area (TPSA) is 90.2 Å². The van der Waals surface area contributed by atoms with Crippen LogP contribution in [0.3, 0.4) is 0 Å². The second-order valence-electron chi connectivity index (χ2n) is 6.25. The predicted molar refractivity (Wildman–Crippen MR) is 86.1 cm³/mol. The molecule has 2 N–H and O–H groups in total. The fourth-order valence-corrected chi connectivity index (χ4v) is 2.93. The van der Waals surface area contributed by atoms with Crippen molar-refractivity contribution in [2.24, 2.45) is 5.41 Å². The van der Waals surface area contributed by atoms with E-state index in [1.165, 1.54) is 0 Å². The number of amides is 1. The number of alkyl halides is 1. The summed E-state index contributed by atoms with van der Waals surface area (Å²) in [6, 6.07) is 5.99. The highest BCUT2D eigenvalue weighted by molar-refractivity contribution is 6.17. The summed E-state index contributed by atoms with van der Waals surface area (Å²) < 4.78 is 0. The molecule has 2 rings (SSSR count). The molecule has 0 aliphatic heterocycles. The molecule has 0 bridgehead atoms. The summed E-state index contributed by atoms with van der Waals surface area (Å²) in [5.74, 6) is -0.0660. The highest BCUT2D eigenvalue weighted by Crippen LogP contribution is 2.41. The molecular formula is C17H19ClN2O3. The molecule has 0 heterocycles. The molecule has 0 aromatic heterocycles. The summed E-state index contributed by atoms with van der Waals surface area (Å²) in [4.78, 5) is 24.6. The third-order valence-electron chi connectivity index (χ3n) is 4.25. The van der Waals surface area contributed by atoms with Gasteiger partial charge in [0.1, 0.15) is 0 Å². The summed E-state index contributed by atoms with van der Waals surface area (Å²) in [7, 11) is 0. The Morgan fingerprint density at radius 3 is 2.78 bits per heavy atom. The SMILES string of the molecule is CC1(C)C(=O)c2ccc(C#N)cc2C(NC(=O)CCCCl)C1O. The highest BCUT2D eigenvalue weighted by Gasteiger charge is 2.47. The van der Waals surface area contributed by atoms with Gasteiger partial charge in [-0.05, 0) is 44.0 Å². The molecule has 6 heteroatoms. The summed E-state index contributed by atoms with van der Waals surface area (Å²) in [6.45, 7) is 3.30. The molecule has 2 atom stereocenters. The number of aliphatic hydroxyl groups is 1.